The molecule has 0 radical (unpaired) electrons. The number of hydrogen-bond acceptors (Lipinski definition) is 1. The summed E-state index contributed by atoms with van der Waals surface area (Å²) in [4.78, 5) is 11.4. The third-order valence-electron chi connectivity index (χ3n) is 2.69. The van der Waals surface area contributed by atoms with Crippen LogP contribution in [0.25, 0.3) is 0 Å². The summed E-state index contributed by atoms with van der Waals surface area (Å²) in [5.74, 6) is 0.700. The number of amides is 1. The minimum Gasteiger partial charge on any atom is -0.348 e. The van der Waals surface area contributed by atoms with E-state index in [0.29, 0.717) is 11.2 Å². The number of hydrogen-bond donors (Lipinski definition) is 1. The van der Waals surface area contributed by atoms with Crippen LogP contribution in [0, 0.1) is 5.92 Å². The highest BCUT2D eigenvalue weighted by Crippen LogP contribution is 2.40. The molecule has 1 aromatic rings. The van der Waals surface area contributed by atoms with Crippen molar-refractivity contribution in [2.75, 3.05) is 5.33 Å². The van der Waals surface area contributed by atoms with E-state index in [0.717, 1.165) is 0 Å². The van der Waals surface area contributed by atoms with Gasteiger partial charge in [0.05, 0.1) is 11.4 Å². The molecule has 0 aromatic heterocycles. The zero-order valence-electron chi connectivity index (χ0n) is 8.45. The molecule has 1 fully saturated rings. The van der Waals surface area contributed by atoms with Gasteiger partial charge >= 0.3 is 0 Å². The van der Waals surface area contributed by atoms with Gasteiger partial charge in [0, 0.05) is 0 Å². The first-order valence-corrected chi connectivity index (χ1v) is 6.33. The molecule has 2 nitrogen and oxygen atoms in total. The highest BCUT2D eigenvalue weighted by molar-refractivity contribution is 9.09. The second-order valence-electron chi connectivity index (χ2n) is 3.93. The molecule has 3 heteroatoms. The Morgan fingerprint density at radius 3 is 2.60 bits per heavy atom. The van der Waals surface area contributed by atoms with Gasteiger partial charge in [-0.3, -0.25) is 4.79 Å². The lowest BCUT2D eigenvalue weighted by Gasteiger charge is -2.18. The SMILES string of the molecule is O=C(CBr)N[C@H](c1ccccc1)C1CC1. The maximum absolute atomic E-state index is 11.4. The highest BCUT2D eigenvalue weighted by atomic mass is 79.9. The Bertz CT molecular complexity index is 335. The van der Waals surface area contributed by atoms with E-state index in [9.17, 15) is 4.79 Å². The van der Waals surface area contributed by atoms with Crippen molar-refractivity contribution in [1.29, 1.82) is 0 Å². The Kier molecular flexibility index (Phi) is 3.41. The molecule has 1 aliphatic carbocycles. The Balaban J connectivity index is 2.10. The van der Waals surface area contributed by atoms with Crippen LogP contribution in [0.4, 0.5) is 0 Å². The van der Waals surface area contributed by atoms with Crippen molar-refractivity contribution in [1.82, 2.24) is 5.32 Å². The van der Waals surface area contributed by atoms with Crippen molar-refractivity contribution in [3.63, 3.8) is 0 Å². The van der Waals surface area contributed by atoms with Crippen molar-refractivity contribution in [2.45, 2.75) is 18.9 Å². The normalized spacial score (nSPS) is 17.1. The van der Waals surface area contributed by atoms with E-state index in [1.165, 1.54) is 18.4 Å². The van der Waals surface area contributed by atoms with E-state index in [1.54, 1.807) is 0 Å². The van der Waals surface area contributed by atoms with E-state index in [1.807, 2.05) is 18.2 Å². The average molecular weight is 268 g/mol. The number of halogens is 1. The summed E-state index contributed by atoms with van der Waals surface area (Å²) in [5.41, 5.74) is 1.22. The van der Waals surface area contributed by atoms with Crippen LogP contribution in [0.2, 0.25) is 0 Å². The van der Waals surface area contributed by atoms with E-state index in [-0.39, 0.29) is 11.9 Å². The van der Waals surface area contributed by atoms with Gasteiger partial charge in [-0.1, -0.05) is 46.3 Å². The van der Waals surface area contributed by atoms with Crippen molar-refractivity contribution in [3.8, 4) is 0 Å². The monoisotopic (exact) mass is 267 g/mol. The third kappa shape index (κ3) is 2.81. The van der Waals surface area contributed by atoms with E-state index in [4.69, 9.17) is 0 Å². The molecule has 0 unspecified atom stereocenters. The smallest absolute Gasteiger partial charge is 0.231 e. The summed E-state index contributed by atoms with van der Waals surface area (Å²) in [6.45, 7) is 0. The fourth-order valence-electron chi connectivity index (χ4n) is 1.78. The first-order chi connectivity index (χ1) is 7.31. The molecular weight excluding hydrogens is 254 g/mol. The van der Waals surface area contributed by atoms with E-state index >= 15 is 0 Å². The molecule has 80 valence electrons. The maximum atomic E-state index is 11.4. The second kappa shape index (κ2) is 4.79. The number of nitrogens with one attached hydrogen (secondary N) is 1. The summed E-state index contributed by atoms with van der Waals surface area (Å²) in [6.07, 6.45) is 2.45. The van der Waals surface area contributed by atoms with Gasteiger partial charge < -0.3 is 5.32 Å². The molecule has 1 atom stereocenters. The van der Waals surface area contributed by atoms with Crippen LogP contribution in [0.1, 0.15) is 24.4 Å². The van der Waals surface area contributed by atoms with E-state index < -0.39 is 0 Å². The molecule has 1 N–H and O–H groups in total. The molecule has 1 saturated carbocycles. The molecule has 0 spiro atoms. The van der Waals surface area contributed by atoms with E-state index in [2.05, 4.69) is 33.4 Å². The van der Waals surface area contributed by atoms with Gasteiger partial charge in [0.15, 0.2) is 0 Å². The first-order valence-electron chi connectivity index (χ1n) is 5.21. The summed E-state index contributed by atoms with van der Waals surface area (Å²) in [7, 11) is 0. The van der Waals surface area contributed by atoms with Crippen LogP contribution in [0.15, 0.2) is 30.3 Å². The van der Waals surface area contributed by atoms with Gasteiger partial charge in [-0.15, -0.1) is 0 Å². The molecule has 15 heavy (non-hydrogen) atoms. The molecule has 1 aliphatic rings. The Hall–Kier alpha value is -0.830. The predicted molar refractivity (Wildman–Crippen MR) is 63.8 cm³/mol. The average Bonchev–Trinajstić information content (AvgIpc) is 3.10. The fraction of sp³-hybridized carbons (Fsp3) is 0.417. The van der Waals surface area contributed by atoms with Gasteiger partial charge in [0.25, 0.3) is 0 Å². The fourth-order valence-corrected chi connectivity index (χ4v) is 1.94. The number of carbonyl (C=O) groups excluding carboxylic acids is 1. The highest BCUT2D eigenvalue weighted by Gasteiger charge is 2.32. The van der Waals surface area contributed by atoms with Gasteiger partial charge in [0.2, 0.25) is 5.91 Å². The van der Waals surface area contributed by atoms with Crippen molar-refractivity contribution < 1.29 is 4.79 Å². The van der Waals surface area contributed by atoms with Gasteiger partial charge in [-0.2, -0.15) is 0 Å². The van der Waals surface area contributed by atoms with Crippen LogP contribution in [0.3, 0.4) is 0 Å². The zero-order valence-corrected chi connectivity index (χ0v) is 10.0. The molecule has 0 bridgehead atoms. The van der Waals surface area contributed by atoms with Crippen molar-refractivity contribution in [3.05, 3.63) is 35.9 Å². The van der Waals surface area contributed by atoms with Gasteiger partial charge in [-0.25, -0.2) is 0 Å². The van der Waals surface area contributed by atoms with Crippen LogP contribution in [0.5, 0.6) is 0 Å². The number of rotatable bonds is 4. The topological polar surface area (TPSA) is 29.1 Å². The zero-order chi connectivity index (χ0) is 10.7. The molecule has 2 rings (SSSR count). The lowest BCUT2D eigenvalue weighted by molar-refractivity contribution is -0.119. The minimum atomic E-state index is 0.0655. The summed E-state index contributed by atoms with van der Waals surface area (Å²) < 4.78 is 0. The third-order valence-corrected chi connectivity index (χ3v) is 3.20. The Labute approximate surface area is 98.2 Å². The molecule has 0 aliphatic heterocycles. The van der Waals surface area contributed by atoms with Crippen LogP contribution in [-0.2, 0) is 4.79 Å². The second-order valence-corrected chi connectivity index (χ2v) is 4.49. The van der Waals surface area contributed by atoms with Crippen molar-refractivity contribution >= 4 is 21.8 Å². The molecule has 1 aromatic carbocycles. The Morgan fingerprint density at radius 1 is 1.40 bits per heavy atom. The largest absolute Gasteiger partial charge is 0.348 e. The lowest BCUT2D eigenvalue weighted by Crippen LogP contribution is -2.30. The molecule has 1 amide bonds. The number of carbonyl (C=O) groups is 1. The number of alkyl halides is 1. The standard InChI is InChI=1S/C12H14BrNO/c13-8-11(15)14-12(10-6-7-10)9-4-2-1-3-5-9/h1-5,10,12H,6-8H2,(H,14,15)/t12-/m1/s1. The predicted octanol–water partition coefficient (Wildman–Crippen LogP) is 2.65. The quantitative estimate of drug-likeness (QED) is 0.836. The molecular formula is C12H14BrNO. The minimum absolute atomic E-state index is 0.0655. The van der Waals surface area contributed by atoms with Gasteiger partial charge in [-0.05, 0) is 24.3 Å². The van der Waals surface area contributed by atoms with Crippen LogP contribution in [-0.4, -0.2) is 11.2 Å². The molecule has 0 saturated heterocycles. The van der Waals surface area contributed by atoms with Crippen LogP contribution < -0.4 is 5.32 Å². The first kappa shape index (κ1) is 10.7. The maximum Gasteiger partial charge on any atom is 0.231 e. The Morgan fingerprint density at radius 2 is 2.07 bits per heavy atom. The van der Waals surface area contributed by atoms with Crippen LogP contribution >= 0.6 is 15.9 Å². The summed E-state index contributed by atoms with van der Waals surface area (Å²) in [5, 5.41) is 3.44. The van der Waals surface area contributed by atoms with Gasteiger partial charge in [0.1, 0.15) is 0 Å². The lowest BCUT2D eigenvalue weighted by atomic mass is 10.0. The summed E-state index contributed by atoms with van der Waals surface area (Å²) >= 11 is 3.17. The summed E-state index contributed by atoms with van der Waals surface area (Å²) in [6, 6.07) is 10.4. The molecule has 0 heterocycles. The van der Waals surface area contributed by atoms with Crippen molar-refractivity contribution in [2.24, 2.45) is 5.92 Å². The number of benzene rings is 1.